The Balaban J connectivity index is 2.11. The number of carbonyl (C=O) groups is 1. The van der Waals surface area contributed by atoms with Gasteiger partial charge in [0, 0.05) is 17.9 Å². The molecule has 0 amide bonds. The maximum atomic E-state index is 16.0. The number of halogens is 2. The van der Waals surface area contributed by atoms with Crippen LogP contribution >= 0.6 is 0 Å². The molecule has 5 atom stereocenters. The lowest BCUT2D eigenvalue weighted by Gasteiger charge is -2.54. The van der Waals surface area contributed by atoms with E-state index in [1.165, 1.54) is 12.1 Å². The van der Waals surface area contributed by atoms with Gasteiger partial charge in [-0.05, 0) is 31.6 Å². The molecule has 2 aliphatic rings. The second-order valence-electron chi connectivity index (χ2n) is 8.00. The predicted octanol–water partition coefficient (Wildman–Crippen LogP) is 4.90. The fourth-order valence-electron chi connectivity index (χ4n) is 4.22. The van der Waals surface area contributed by atoms with Gasteiger partial charge in [-0.15, -0.1) is 0 Å². The topological polar surface area (TPSA) is 35.5 Å². The Morgan fingerprint density at radius 1 is 1.16 bits per heavy atom. The van der Waals surface area contributed by atoms with Gasteiger partial charge in [-0.25, -0.2) is 13.6 Å². The second kappa shape index (κ2) is 6.04. The normalized spacial score (nSPS) is 41.8. The molecule has 138 valence electrons. The minimum absolute atomic E-state index is 0.00300. The number of benzene rings is 1. The summed E-state index contributed by atoms with van der Waals surface area (Å²) >= 11 is 0. The number of hydrogen-bond acceptors (Lipinski definition) is 3. The van der Waals surface area contributed by atoms with Gasteiger partial charge in [0.25, 0.3) is 11.5 Å². The summed E-state index contributed by atoms with van der Waals surface area (Å²) < 4.78 is 42.6. The predicted molar refractivity (Wildman–Crippen MR) is 90.0 cm³/mol. The lowest BCUT2D eigenvalue weighted by atomic mass is 9.71. The molecule has 0 N–H and O–H groups in total. The molecule has 25 heavy (non-hydrogen) atoms. The van der Waals surface area contributed by atoms with E-state index in [0.29, 0.717) is 6.42 Å². The third-order valence-corrected chi connectivity index (χ3v) is 5.68. The highest BCUT2D eigenvalue weighted by Gasteiger charge is 2.69. The van der Waals surface area contributed by atoms with Crippen LogP contribution in [0.25, 0.3) is 0 Å². The van der Waals surface area contributed by atoms with Gasteiger partial charge in [0.05, 0.1) is 0 Å². The Morgan fingerprint density at radius 3 is 2.40 bits per heavy atom. The van der Waals surface area contributed by atoms with E-state index in [9.17, 15) is 4.79 Å². The third-order valence-electron chi connectivity index (χ3n) is 5.68. The van der Waals surface area contributed by atoms with Crippen LogP contribution in [-0.4, -0.2) is 17.4 Å². The molecule has 1 aromatic carbocycles. The van der Waals surface area contributed by atoms with Gasteiger partial charge in [-0.1, -0.05) is 51.1 Å². The van der Waals surface area contributed by atoms with Crippen molar-refractivity contribution in [3.8, 4) is 0 Å². The summed E-state index contributed by atoms with van der Waals surface area (Å²) in [6.45, 7) is 6.89. The average Bonchev–Trinajstić information content (AvgIpc) is 2.53. The van der Waals surface area contributed by atoms with Crippen molar-refractivity contribution < 1.29 is 23.0 Å². The Hall–Kier alpha value is -1.49. The summed E-state index contributed by atoms with van der Waals surface area (Å²) in [5.74, 6) is -5.36. The number of rotatable bonds is 2. The van der Waals surface area contributed by atoms with Gasteiger partial charge in [0.2, 0.25) is 5.79 Å². The number of hydrogen-bond donors (Lipinski definition) is 0. The molecule has 2 fully saturated rings. The van der Waals surface area contributed by atoms with Gasteiger partial charge >= 0.3 is 5.97 Å². The van der Waals surface area contributed by atoms with Crippen molar-refractivity contribution in [2.75, 3.05) is 0 Å². The zero-order valence-electron chi connectivity index (χ0n) is 15.2. The highest BCUT2D eigenvalue weighted by atomic mass is 19.2. The van der Waals surface area contributed by atoms with Crippen molar-refractivity contribution in [3.63, 3.8) is 0 Å². The van der Waals surface area contributed by atoms with Gasteiger partial charge in [-0.2, -0.15) is 0 Å². The van der Waals surface area contributed by atoms with Crippen LogP contribution in [0, 0.1) is 17.8 Å². The number of alkyl halides is 2. The lowest BCUT2D eigenvalue weighted by Crippen LogP contribution is -2.66. The van der Waals surface area contributed by atoms with Crippen molar-refractivity contribution in [1.29, 1.82) is 0 Å². The highest BCUT2D eigenvalue weighted by molar-refractivity contribution is 5.82. The first-order valence-corrected chi connectivity index (χ1v) is 8.99. The molecular formula is C20H26F2O3. The van der Waals surface area contributed by atoms with Crippen molar-refractivity contribution in [3.05, 3.63) is 35.9 Å². The summed E-state index contributed by atoms with van der Waals surface area (Å²) in [5.41, 5.74) is -2.92. The first-order valence-electron chi connectivity index (χ1n) is 8.99. The van der Waals surface area contributed by atoms with E-state index in [1.807, 2.05) is 20.8 Å². The summed E-state index contributed by atoms with van der Waals surface area (Å²) in [4.78, 5) is 12.5. The van der Waals surface area contributed by atoms with E-state index < -0.39 is 23.3 Å². The lowest BCUT2D eigenvalue weighted by molar-refractivity contribution is -0.407. The molecule has 0 unspecified atom stereocenters. The van der Waals surface area contributed by atoms with E-state index in [0.717, 1.165) is 19.8 Å². The van der Waals surface area contributed by atoms with Gasteiger partial charge < -0.3 is 4.74 Å². The molecule has 5 heteroatoms. The average molecular weight is 352 g/mol. The smallest absolute Gasteiger partial charge is 0.352 e. The molecule has 0 radical (unpaired) electrons. The maximum absolute atomic E-state index is 16.0. The van der Waals surface area contributed by atoms with Crippen molar-refractivity contribution in [2.24, 2.45) is 17.8 Å². The van der Waals surface area contributed by atoms with Gasteiger partial charge in [0.1, 0.15) is 0 Å². The summed E-state index contributed by atoms with van der Waals surface area (Å²) in [5, 5.41) is 0. The number of carbonyl (C=O) groups excluding carboxylic acids is 1. The molecule has 1 aliphatic heterocycles. The van der Waals surface area contributed by atoms with Crippen LogP contribution in [-0.2, 0) is 20.1 Å². The van der Waals surface area contributed by atoms with Crippen LogP contribution < -0.4 is 0 Å². The Bertz CT molecular complexity index is 646. The van der Waals surface area contributed by atoms with E-state index in [2.05, 4.69) is 0 Å². The fraction of sp³-hybridized carbons (Fsp3) is 0.650. The molecule has 0 aromatic heterocycles. The molecule has 3 nitrogen and oxygen atoms in total. The van der Waals surface area contributed by atoms with Crippen LogP contribution in [0.2, 0.25) is 0 Å². The molecule has 1 heterocycles. The number of esters is 1. The third kappa shape index (κ3) is 2.77. The molecule has 1 spiro atoms. The molecule has 1 aromatic rings. The Kier molecular flexibility index (Phi) is 4.43. The van der Waals surface area contributed by atoms with Gasteiger partial charge in [0.15, 0.2) is 0 Å². The van der Waals surface area contributed by atoms with E-state index in [1.54, 1.807) is 18.2 Å². The highest BCUT2D eigenvalue weighted by Crippen LogP contribution is 2.55. The first-order chi connectivity index (χ1) is 11.6. The zero-order valence-corrected chi connectivity index (χ0v) is 15.2. The zero-order chi connectivity index (χ0) is 18.5. The quantitative estimate of drug-likeness (QED) is 0.710. The van der Waals surface area contributed by atoms with Crippen LogP contribution in [0.5, 0.6) is 0 Å². The Morgan fingerprint density at radius 2 is 1.80 bits per heavy atom. The summed E-state index contributed by atoms with van der Waals surface area (Å²) in [7, 11) is 0. The first kappa shape index (κ1) is 18.3. The Labute approximate surface area is 147 Å². The standard InChI is InChI=1S/C20H26F2O3/c1-13(2)16-11-10-14(3)12-19(16)24-17(23)18(4,21)20(22,25-19)15-8-6-5-7-9-15/h5-9,13-14,16H,10-12H2,1-4H3/t14-,16+,18+,19-,20-/m1/s1. The summed E-state index contributed by atoms with van der Waals surface area (Å²) in [6.07, 6.45) is 2.07. The van der Waals surface area contributed by atoms with E-state index in [4.69, 9.17) is 9.47 Å². The van der Waals surface area contributed by atoms with Crippen LogP contribution in [0.4, 0.5) is 8.78 Å². The molecule has 1 saturated carbocycles. The van der Waals surface area contributed by atoms with Crippen LogP contribution in [0.15, 0.2) is 30.3 Å². The SMILES string of the molecule is CC(C)[C@@H]1CC[C@@H](C)C[C@]12OC(=O)[C@](C)(F)[C@@](F)(c1ccccc1)O2. The van der Waals surface area contributed by atoms with E-state index >= 15 is 8.78 Å². The van der Waals surface area contributed by atoms with Gasteiger partial charge in [-0.3, -0.25) is 4.74 Å². The van der Waals surface area contributed by atoms with Crippen molar-refractivity contribution >= 4 is 5.97 Å². The molecule has 3 rings (SSSR count). The molecule has 1 aliphatic carbocycles. The van der Waals surface area contributed by atoms with Crippen LogP contribution in [0.1, 0.15) is 52.5 Å². The minimum Gasteiger partial charge on any atom is -0.430 e. The maximum Gasteiger partial charge on any atom is 0.352 e. The number of ether oxygens (including phenoxy) is 2. The largest absolute Gasteiger partial charge is 0.430 e. The summed E-state index contributed by atoms with van der Waals surface area (Å²) in [6, 6.07) is 7.80. The molecular weight excluding hydrogens is 326 g/mol. The molecule has 1 saturated heterocycles. The monoisotopic (exact) mass is 352 g/mol. The minimum atomic E-state index is -2.91. The van der Waals surface area contributed by atoms with Crippen molar-refractivity contribution in [1.82, 2.24) is 0 Å². The molecule has 0 bridgehead atoms. The van der Waals surface area contributed by atoms with Crippen molar-refractivity contribution in [2.45, 2.75) is 64.3 Å². The second-order valence-corrected chi connectivity index (χ2v) is 8.00. The van der Waals surface area contributed by atoms with E-state index in [-0.39, 0.29) is 23.3 Å². The fourth-order valence-corrected chi connectivity index (χ4v) is 4.22. The van der Waals surface area contributed by atoms with Crippen LogP contribution in [0.3, 0.4) is 0 Å².